The normalized spacial score (nSPS) is 22.2. The number of carbonyl (C=O) groups is 2. The summed E-state index contributed by atoms with van der Waals surface area (Å²) >= 11 is 0. The maximum atomic E-state index is 12.5. The van der Waals surface area contributed by atoms with Crippen molar-refractivity contribution in [1.29, 1.82) is 0 Å². The summed E-state index contributed by atoms with van der Waals surface area (Å²) in [6, 6.07) is 0.670. The SMILES string of the molecule is CC(=O)NC[C@@H]1CC[C@H](CC(=O)NCCCn2ccnc2C(C)C)N1CC1CC1. The fourth-order valence-corrected chi connectivity index (χ4v) is 4.39. The molecule has 7 heteroatoms. The molecule has 162 valence electrons. The second-order valence-corrected chi connectivity index (χ2v) is 9.00. The minimum absolute atomic E-state index is 0.0241. The van der Waals surface area contributed by atoms with Crippen LogP contribution in [0.3, 0.4) is 0 Å². The van der Waals surface area contributed by atoms with Crippen molar-refractivity contribution in [3.05, 3.63) is 18.2 Å². The molecule has 1 saturated heterocycles. The fourth-order valence-electron chi connectivity index (χ4n) is 4.39. The van der Waals surface area contributed by atoms with E-state index in [0.717, 1.165) is 44.1 Å². The van der Waals surface area contributed by atoms with Crippen molar-refractivity contribution in [3.63, 3.8) is 0 Å². The average Bonchev–Trinajstić information content (AvgIpc) is 3.22. The van der Waals surface area contributed by atoms with Crippen molar-refractivity contribution in [2.45, 2.75) is 83.8 Å². The number of hydrogen-bond donors (Lipinski definition) is 2. The number of amides is 2. The summed E-state index contributed by atoms with van der Waals surface area (Å²) in [7, 11) is 0. The third-order valence-electron chi connectivity index (χ3n) is 6.11. The molecular formula is C22H37N5O2. The minimum atomic E-state index is 0.0241. The Morgan fingerprint density at radius 3 is 2.62 bits per heavy atom. The summed E-state index contributed by atoms with van der Waals surface area (Å²) in [5.41, 5.74) is 0. The van der Waals surface area contributed by atoms with E-state index in [-0.39, 0.29) is 11.8 Å². The predicted molar refractivity (Wildman–Crippen MR) is 113 cm³/mol. The van der Waals surface area contributed by atoms with Crippen LogP contribution in [0.2, 0.25) is 0 Å². The highest BCUT2D eigenvalue weighted by Gasteiger charge is 2.37. The lowest BCUT2D eigenvalue weighted by Gasteiger charge is -2.30. The van der Waals surface area contributed by atoms with E-state index < -0.39 is 0 Å². The molecule has 0 unspecified atom stereocenters. The van der Waals surface area contributed by atoms with Gasteiger partial charge in [0.1, 0.15) is 5.82 Å². The molecule has 2 atom stereocenters. The lowest BCUT2D eigenvalue weighted by molar-refractivity contribution is -0.122. The van der Waals surface area contributed by atoms with Gasteiger partial charge >= 0.3 is 0 Å². The van der Waals surface area contributed by atoms with Crippen LogP contribution >= 0.6 is 0 Å². The van der Waals surface area contributed by atoms with Crippen LogP contribution < -0.4 is 10.6 Å². The first-order valence-electron chi connectivity index (χ1n) is 11.2. The number of rotatable bonds is 11. The first kappa shape index (κ1) is 21.8. The van der Waals surface area contributed by atoms with E-state index in [2.05, 4.69) is 38.9 Å². The summed E-state index contributed by atoms with van der Waals surface area (Å²) < 4.78 is 2.18. The zero-order valence-electron chi connectivity index (χ0n) is 18.2. The van der Waals surface area contributed by atoms with E-state index in [0.29, 0.717) is 37.5 Å². The molecule has 1 aromatic rings. The Bertz CT molecular complexity index is 682. The Kier molecular flexibility index (Phi) is 7.70. The molecule has 0 spiro atoms. The Hall–Kier alpha value is -1.89. The van der Waals surface area contributed by atoms with Crippen molar-refractivity contribution in [1.82, 2.24) is 25.1 Å². The largest absolute Gasteiger partial charge is 0.356 e. The molecule has 0 bridgehead atoms. The third-order valence-corrected chi connectivity index (χ3v) is 6.11. The maximum Gasteiger partial charge on any atom is 0.221 e. The summed E-state index contributed by atoms with van der Waals surface area (Å²) in [6.07, 6.45) is 10.0. The van der Waals surface area contributed by atoms with E-state index >= 15 is 0 Å². The molecule has 0 aromatic carbocycles. The monoisotopic (exact) mass is 403 g/mol. The van der Waals surface area contributed by atoms with Crippen LogP contribution in [0, 0.1) is 5.92 Å². The van der Waals surface area contributed by atoms with Crippen molar-refractivity contribution in [3.8, 4) is 0 Å². The minimum Gasteiger partial charge on any atom is -0.356 e. The molecule has 2 N–H and O–H groups in total. The van der Waals surface area contributed by atoms with E-state index in [1.165, 1.54) is 12.8 Å². The van der Waals surface area contributed by atoms with Gasteiger partial charge in [0.15, 0.2) is 0 Å². The lowest BCUT2D eigenvalue weighted by Crippen LogP contribution is -2.45. The summed E-state index contributed by atoms with van der Waals surface area (Å²) in [5.74, 6) is 2.46. The highest BCUT2D eigenvalue weighted by molar-refractivity contribution is 5.76. The van der Waals surface area contributed by atoms with Gasteiger partial charge in [-0.3, -0.25) is 14.5 Å². The highest BCUT2D eigenvalue weighted by atomic mass is 16.2. The van der Waals surface area contributed by atoms with Gasteiger partial charge in [0, 0.05) is 69.9 Å². The van der Waals surface area contributed by atoms with Gasteiger partial charge in [-0.1, -0.05) is 13.8 Å². The molecule has 1 aliphatic heterocycles. The standard InChI is InChI=1S/C22H37N5O2/c1-16(2)22-24-10-12-26(22)11-4-9-23-21(29)13-19-7-8-20(14-25-17(3)28)27(19)15-18-5-6-18/h10,12,16,18-20H,4-9,11,13-15H2,1-3H3,(H,23,29)(H,25,28)/t19-,20+/m1/s1. The van der Waals surface area contributed by atoms with E-state index in [1.54, 1.807) is 6.92 Å². The second kappa shape index (κ2) is 10.2. The van der Waals surface area contributed by atoms with Crippen LogP contribution in [0.4, 0.5) is 0 Å². The van der Waals surface area contributed by atoms with Crippen molar-refractivity contribution in [2.75, 3.05) is 19.6 Å². The van der Waals surface area contributed by atoms with Gasteiger partial charge in [0.2, 0.25) is 11.8 Å². The molecule has 0 radical (unpaired) electrons. The van der Waals surface area contributed by atoms with Crippen LogP contribution in [0.5, 0.6) is 0 Å². The van der Waals surface area contributed by atoms with Crippen LogP contribution in [0.25, 0.3) is 0 Å². The summed E-state index contributed by atoms with van der Waals surface area (Å²) in [4.78, 5) is 30.7. The van der Waals surface area contributed by atoms with Gasteiger partial charge in [-0.05, 0) is 38.0 Å². The molecular weight excluding hydrogens is 366 g/mol. The third kappa shape index (κ3) is 6.56. The van der Waals surface area contributed by atoms with E-state index in [1.807, 2.05) is 12.4 Å². The predicted octanol–water partition coefficient (Wildman–Crippen LogP) is 2.28. The molecule has 7 nitrogen and oxygen atoms in total. The number of nitrogens with one attached hydrogen (secondary N) is 2. The molecule has 1 aliphatic carbocycles. The quantitative estimate of drug-likeness (QED) is 0.556. The lowest BCUT2D eigenvalue weighted by atomic mass is 10.1. The van der Waals surface area contributed by atoms with Crippen LogP contribution in [0.15, 0.2) is 12.4 Å². The van der Waals surface area contributed by atoms with Gasteiger partial charge in [-0.2, -0.15) is 0 Å². The molecule has 3 rings (SSSR count). The van der Waals surface area contributed by atoms with E-state index in [9.17, 15) is 9.59 Å². The number of likely N-dealkylation sites (tertiary alicyclic amines) is 1. The number of aryl methyl sites for hydroxylation is 1. The molecule has 1 saturated carbocycles. The first-order chi connectivity index (χ1) is 13.9. The van der Waals surface area contributed by atoms with Crippen molar-refractivity contribution >= 4 is 11.8 Å². The zero-order valence-corrected chi connectivity index (χ0v) is 18.2. The summed E-state index contributed by atoms with van der Waals surface area (Å²) in [5, 5.41) is 6.07. The van der Waals surface area contributed by atoms with Gasteiger partial charge in [0.05, 0.1) is 0 Å². The topological polar surface area (TPSA) is 79.3 Å². The molecule has 1 aromatic heterocycles. The Balaban J connectivity index is 1.41. The van der Waals surface area contributed by atoms with Gasteiger partial charge in [0.25, 0.3) is 0 Å². The maximum absolute atomic E-state index is 12.5. The van der Waals surface area contributed by atoms with Crippen LogP contribution in [0.1, 0.15) is 71.0 Å². The molecule has 2 aliphatic rings. The number of imidazole rings is 1. The fraction of sp³-hybridized carbons (Fsp3) is 0.773. The number of nitrogens with zero attached hydrogens (tertiary/aromatic N) is 3. The van der Waals surface area contributed by atoms with E-state index in [4.69, 9.17) is 0 Å². The molecule has 2 heterocycles. The molecule has 2 fully saturated rings. The Morgan fingerprint density at radius 2 is 1.93 bits per heavy atom. The van der Waals surface area contributed by atoms with Crippen LogP contribution in [-0.4, -0.2) is 58.0 Å². The van der Waals surface area contributed by atoms with Crippen molar-refractivity contribution in [2.24, 2.45) is 5.92 Å². The Morgan fingerprint density at radius 1 is 1.17 bits per heavy atom. The smallest absolute Gasteiger partial charge is 0.221 e. The number of hydrogen-bond acceptors (Lipinski definition) is 4. The van der Waals surface area contributed by atoms with Gasteiger partial charge in [-0.15, -0.1) is 0 Å². The summed E-state index contributed by atoms with van der Waals surface area (Å²) in [6.45, 7) is 9.20. The average molecular weight is 404 g/mol. The first-order valence-corrected chi connectivity index (χ1v) is 11.2. The Labute approximate surface area is 174 Å². The van der Waals surface area contributed by atoms with Crippen LogP contribution in [-0.2, 0) is 16.1 Å². The van der Waals surface area contributed by atoms with Gasteiger partial charge < -0.3 is 15.2 Å². The second-order valence-electron chi connectivity index (χ2n) is 9.00. The van der Waals surface area contributed by atoms with Gasteiger partial charge in [-0.25, -0.2) is 4.98 Å². The molecule has 2 amide bonds. The molecule has 29 heavy (non-hydrogen) atoms. The number of carbonyl (C=O) groups excluding carboxylic acids is 2. The highest BCUT2D eigenvalue weighted by Crippen LogP contribution is 2.35. The zero-order chi connectivity index (χ0) is 20.8. The number of aromatic nitrogens is 2. The van der Waals surface area contributed by atoms with Crippen molar-refractivity contribution < 1.29 is 9.59 Å².